The number of hydrogen-bond acceptors (Lipinski definition) is 5. The topological polar surface area (TPSA) is 83.5 Å². The Bertz CT molecular complexity index is 864. The molecule has 3 rings (SSSR count). The van der Waals surface area contributed by atoms with Crippen LogP contribution in [-0.2, 0) is 6.54 Å². The van der Waals surface area contributed by atoms with Gasteiger partial charge in [-0.3, -0.25) is 14.9 Å². The highest BCUT2D eigenvalue weighted by Crippen LogP contribution is 2.35. The third kappa shape index (κ3) is 3.33. The summed E-state index contributed by atoms with van der Waals surface area (Å²) in [5, 5.41) is 14.0. The molecule has 26 heavy (non-hydrogen) atoms. The van der Waals surface area contributed by atoms with E-state index in [1.54, 1.807) is 6.20 Å². The molecule has 1 amide bonds. The molecule has 1 atom stereocenters. The third-order valence-corrected chi connectivity index (χ3v) is 4.05. The first kappa shape index (κ1) is 18.5. The minimum absolute atomic E-state index is 0.0548. The van der Waals surface area contributed by atoms with E-state index in [1.807, 2.05) is 5.43 Å². The molecule has 1 aliphatic heterocycles. The average molecular weight is 439 g/mol. The fourth-order valence-electron chi connectivity index (χ4n) is 2.39. The van der Waals surface area contributed by atoms with Crippen molar-refractivity contribution in [2.45, 2.75) is 25.1 Å². The first-order valence-corrected chi connectivity index (χ1v) is 7.92. The van der Waals surface area contributed by atoms with E-state index in [4.69, 9.17) is 4.42 Å². The summed E-state index contributed by atoms with van der Waals surface area (Å²) in [6.45, 7) is 0.148. The number of aromatic nitrogens is 2. The summed E-state index contributed by atoms with van der Waals surface area (Å²) in [5.74, 6) is -1.34. The molecular formula is C14H11BrF4N4O3. The number of carbonyl (C=O) groups is 1. The van der Waals surface area contributed by atoms with E-state index in [9.17, 15) is 27.5 Å². The Morgan fingerprint density at radius 1 is 1.46 bits per heavy atom. The van der Waals surface area contributed by atoms with Gasteiger partial charge < -0.3 is 9.52 Å². The van der Waals surface area contributed by atoms with E-state index in [0.29, 0.717) is 0 Å². The number of alkyl halides is 2. The van der Waals surface area contributed by atoms with E-state index in [0.717, 1.165) is 4.47 Å². The third-order valence-electron chi connectivity index (χ3n) is 3.64. The molecule has 140 valence electrons. The van der Waals surface area contributed by atoms with Crippen LogP contribution in [0.25, 0.3) is 0 Å². The zero-order valence-corrected chi connectivity index (χ0v) is 14.4. The number of hydrazine groups is 1. The zero-order chi connectivity index (χ0) is 19.1. The van der Waals surface area contributed by atoms with Gasteiger partial charge in [0, 0.05) is 6.20 Å². The molecule has 12 heteroatoms. The Hall–Kier alpha value is -2.34. The van der Waals surface area contributed by atoms with Gasteiger partial charge in [-0.05, 0) is 28.1 Å². The van der Waals surface area contributed by atoms with E-state index in [1.165, 1.54) is 23.0 Å². The number of aliphatic hydroxyl groups is 1. The highest BCUT2D eigenvalue weighted by atomic mass is 79.9. The van der Waals surface area contributed by atoms with Crippen molar-refractivity contribution in [3.05, 3.63) is 52.3 Å². The number of nitrogens with one attached hydrogen (secondary N) is 1. The summed E-state index contributed by atoms with van der Waals surface area (Å²) in [5.41, 5.74) is -2.26. The number of rotatable bonds is 4. The molecule has 0 saturated carbocycles. The normalized spacial score (nSPS) is 20.0. The Morgan fingerprint density at radius 2 is 2.19 bits per heavy atom. The minimum atomic E-state index is -3.48. The SMILES string of the molecule is O=C(c1ccc(Cn2cc(Br)cn2)o1)N1NC(=C(F)F)CC1(O)C(F)F. The number of amides is 1. The zero-order valence-electron chi connectivity index (χ0n) is 12.8. The van der Waals surface area contributed by atoms with Crippen LogP contribution < -0.4 is 5.43 Å². The maximum absolute atomic E-state index is 13.2. The quantitative estimate of drug-likeness (QED) is 0.717. The van der Waals surface area contributed by atoms with E-state index < -0.39 is 42.0 Å². The summed E-state index contributed by atoms with van der Waals surface area (Å²) in [7, 11) is 0. The smallest absolute Gasteiger partial charge is 0.310 e. The summed E-state index contributed by atoms with van der Waals surface area (Å²) in [6, 6.07) is 2.60. The van der Waals surface area contributed by atoms with Gasteiger partial charge in [0.25, 0.3) is 12.5 Å². The molecule has 0 bridgehead atoms. The van der Waals surface area contributed by atoms with Crippen molar-refractivity contribution in [3.8, 4) is 0 Å². The summed E-state index contributed by atoms with van der Waals surface area (Å²) in [4.78, 5) is 12.4. The van der Waals surface area contributed by atoms with Gasteiger partial charge in [-0.2, -0.15) is 13.9 Å². The molecule has 1 unspecified atom stereocenters. The maximum Gasteiger partial charge on any atom is 0.310 e. The molecule has 1 fully saturated rings. The van der Waals surface area contributed by atoms with Gasteiger partial charge in [0.2, 0.25) is 5.72 Å². The van der Waals surface area contributed by atoms with Crippen LogP contribution in [0.4, 0.5) is 17.6 Å². The Labute approximate surface area is 152 Å². The molecule has 0 radical (unpaired) electrons. The number of nitrogens with zero attached hydrogens (tertiary/aromatic N) is 3. The van der Waals surface area contributed by atoms with Gasteiger partial charge in [0.1, 0.15) is 11.5 Å². The minimum Gasteiger partial charge on any atom is -0.454 e. The highest BCUT2D eigenvalue weighted by Gasteiger charge is 2.54. The van der Waals surface area contributed by atoms with Crippen LogP contribution >= 0.6 is 15.9 Å². The van der Waals surface area contributed by atoms with Gasteiger partial charge in [-0.25, -0.2) is 13.8 Å². The predicted octanol–water partition coefficient (Wildman–Crippen LogP) is 2.70. The number of halogens is 5. The monoisotopic (exact) mass is 438 g/mol. The van der Waals surface area contributed by atoms with E-state index in [-0.39, 0.29) is 17.3 Å². The number of hydrogen-bond donors (Lipinski definition) is 2. The molecule has 1 saturated heterocycles. The van der Waals surface area contributed by atoms with Crippen LogP contribution in [0.5, 0.6) is 0 Å². The van der Waals surface area contributed by atoms with E-state index >= 15 is 0 Å². The molecule has 3 heterocycles. The fourth-order valence-corrected chi connectivity index (χ4v) is 2.72. The van der Waals surface area contributed by atoms with Gasteiger partial charge in [-0.15, -0.1) is 0 Å². The first-order valence-electron chi connectivity index (χ1n) is 7.13. The average Bonchev–Trinajstić information content (AvgIpc) is 3.27. The molecule has 2 aromatic heterocycles. The van der Waals surface area contributed by atoms with Crippen LogP contribution in [0.1, 0.15) is 22.7 Å². The van der Waals surface area contributed by atoms with Crippen molar-refractivity contribution in [3.63, 3.8) is 0 Å². The molecule has 0 aromatic carbocycles. The summed E-state index contributed by atoms with van der Waals surface area (Å²) in [6.07, 6.45) is -3.74. The molecule has 0 spiro atoms. The molecule has 0 aliphatic carbocycles. The first-order chi connectivity index (χ1) is 12.2. The molecule has 7 nitrogen and oxygen atoms in total. The van der Waals surface area contributed by atoms with Gasteiger partial charge in [0.05, 0.1) is 23.6 Å². The highest BCUT2D eigenvalue weighted by molar-refractivity contribution is 9.10. The van der Waals surface area contributed by atoms with Crippen LogP contribution in [0, 0.1) is 0 Å². The van der Waals surface area contributed by atoms with Gasteiger partial charge >= 0.3 is 5.91 Å². The lowest BCUT2D eigenvalue weighted by molar-refractivity contribution is -0.168. The summed E-state index contributed by atoms with van der Waals surface area (Å²) < 4.78 is 59.3. The standard InChI is InChI=1S/C14H11BrF4N4O3/c15-7-4-20-22(5-7)6-8-1-2-10(26-8)12(24)23-14(25,13(18)19)3-9(21-23)11(16)17/h1-2,4-5,13,21,25H,3,6H2. The van der Waals surface area contributed by atoms with Crippen molar-refractivity contribution >= 4 is 21.8 Å². The number of furan rings is 1. The predicted molar refractivity (Wildman–Crippen MR) is 81.9 cm³/mol. The largest absolute Gasteiger partial charge is 0.454 e. The van der Waals surface area contributed by atoms with Crippen molar-refractivity contribution in [2.75, 3.05) is 0 Å². The second-order valence-electron chi connectivity index (χ2n) is 5.47. The van der Waals surface area contributed by atoms with Crippen LogP contribution in [0.3, 0.4) is 0 Å². The van der Waals surface area contributed by atoms with Crippen LogP contribution in [-0.4, -0.2) is 38.0 Å². The second kappa shape index (κ2) is 6.76. The molecule has 2 aromatic rings. The number of carbonyl (C=O) groups excluding carboxylic acids is 1. The molecule has 2 N–H and O–H groups in total. The maximum atomic E-state index is 13.2. The lowest BCUT2D eigenvalue weighted by atomic mass is 10.1. The molecular weight excluding hydrogens is 428 g/mol. The lowest BCUT2D eigenvalue weighted by Gasteiger charge is -2.30. The van der Waals surface area contributed by atoms with Crippen LogP contribution in [0.15, 0.2) is 45.2 Å². The Kier molecular flexibility index (Phi) is 4.80. The van der Waals surface area contributed by atoms with Gasteiger partial charge in [-0.1, -0.05) is 0 Å². The fraction of sp³-hybridized carbons (Fsp3) is 0.286. The van der Waals surface area contributed by atoms with Crippen molar-refractivity contribution < 1.29 is 31.9 Å². The second-order valence-corrected chi connectivity index (χ2v) is 6.39. The summed E-state index contributed by atoms with van der Waals surface area (Å²) >= 11 is 3.21. The van der Waals surface area contributed by atoms with Crippen LogP contribution in [0.2, 0.25) is 0 Å². The van der Waals surface area contributed by atoms with Crippen molar-refractivity contribution in [2.24, 2.45) is 0 Å². The molecule has 1 aliphatic rings. The van der Waals surface area contributed by atoms with Crippen molar-refractivity contribution in [1.82, 2.24) is 20.2 Å². The Balaban J connectivity index is 1.83. The lowest BCUT2D eigenvalue weighted by Crippen LogP contribution is -2.55. The van der Waals surface area contributed by atoms with E-state index in [2.05, 4.69) is 21.0 Å². The van der Waals surface area contributed by atoms with Gasteiger partial charge in [0.15, 0.2) is 5.76 Å². The van der Waals surface area contributed by atoms with Crippen molar-refractivity contribution in [1.29, 1.82) is 0 Å². The Morgan fingerprint density at radius 3 is 2.77 bits per heavy atom.